The first-order valence-electron chi connectivity index (χ1n) is 7.29. The summed E-state index contributed by atoms with van der Waals surface area (Å²) in [5, 5.41) is 0. The molecule has 2 nitrogen and oxygen atoms in total. The van der Waals surface area contributed by atoms with Gasteiger partial charge in [0.15, 0.2) is 0 Å². The lowest BCUT2D eigenvalue weighted by atomic mass is 10.00. The molecule has 0 aliphatic carbocycles. The first-order chi connectivity index (χ1) is 9.72. The van der Waals surface area contributed by atoms with Crippen LogP contribution in [0.25, 0.3) is 11.1 Å². The number of benzene rings is 2. The minimum absolute atomic E-state index is 0. The van der Waals surface area contributed by atoms with Crippen LogP contribution in [-0.2, 0) is 13.0 Å². The molecule has 2 rings (SSSR count). The molecule has 0 aliphatic rings. The van der Waals surface area contributed by atoms with Crippen LogP contribution in [0.15, 0.2) is 48.5 Å². The lowest BCUT2D eigenvalue weighted by Gasteiger charge is -2.14. The van der Waals surface area contributed by atoms with Crippen LogP contribution in [-0.4, -0.2) is 25.0 Å². The van der Waals surface area contributed by atoms with Crippen LogP contribution in [0.2, 0.25) is 0 Å². The molecule has 0 atom stereocenters. The molecular formula is C18H26Cl2N2. The monoisotopic (exact) mass is 340 g/mol. The minimum atomic E-state index is 0. The lowest BCUT2D eigenvalue weighted by molar-refractivity contribution is 0.346. The third-order valence-electron chi connectivity index (χ3n) is 3.61. The van der Waals surface area contributed by atoms with Crippen LogP contribution in [0.5, 0.6) is 0 Å². The van der Waals surface area contributed by atoms with Gasteiger partial charge in [-0.15, -0.1) is 24.8 Å². The quantitative estimate of drug-likeness (QED) is 0.855. The number of hydrogen-bond donors (Lipinski definition) is 1. The standard InChI is InChI=1S/C18H24N2.2ClH/c1-3-20(2)14-16-7-5-9-18(13-16)17-8-4-6-15(12-17)10-11-19;;/h4-9,12-13H,3,10-11,14,19H2,1-2H3;2*1H. The first kappa shape index (κ1) is 20.9. The van der Waals surface area contributed by atoms with Gasteiger partial charge in [-0.3, -0.25) is 0 Å². The molecule has 0 aromatic heterocycles. The Morgan fingerprint density at radius 3 is 2.00 bits per heavy atom. The second-order valence-electron chi connectivity index (χ2n) is 5.27. The lowest BCUT2D eigenvalue weighted by Crippen LogP contribution is -2.16. The Labute approximate surface area is 146 Å². The maximum Gasteiger partial charge on any atom is 0.0230 e. The van der Waals surface area contributed by atoms with E-state index in [9.17, 15) is 0 Å². The summed E-state index contributed by atoms with van der Waals surface area (Å²) in [6, 6.07) is 17.5. The maximum absolute atomic E-state index is 5.64. The van der Waals surface area contributed by atoms with Gasteiger partial charge in [0.05, 0.1) is 0 Å². The van der Waals surface area contributed by atoms with E-state index in [0.717, 1.165) is 19.5 Å². The van der Waals surface area contributed by atoms with Gasteiger partial charge in [0.2, 0.25) is 0 Å². The van der Waals surface area contributed by atoms with E-state index in [0.29, 0.717) is 6.54 Å². The predicted octanol–water partition coefficient (Wildman–Crippen LogP) is 4.15. The molecule has 4 heteroatoms. The Balaban J connectivity index is 0.00000220. The van der Waals surface area contributed by atoms with E-state index in [1.807, 2.05) is 0 Å². The second-order valence-corrected chi connectivity index (χ2v) is 5.27. The summed E-state index contributed by atoms with van der Waals surface area (Å²) >= 11 is 0. The fraction of sp³-hybridized carbons (Fsp3) is 0.333. The molecule has 0 bridgehead atoms. The highest BCUT2D eigenvalue weighted by molar-refractivity contribution is 5.85. The van der Waals surface area contributed by atoms with Crippen molar-refractivity contribution in [2.24, 2.45) is 5.73 Å². The fourth-order valence-corrected chi connectivity index (χ4v) is 2.35. The van der Waals surface area contributed by atoms with Crippen molar-refractivity contribution >= 4 is 24.8 Å². The number of hydrogen-bond acceptors (Lipinski definition) is 2. The Kier molecular flexibility index (Phi) is 10.1. The Hall–Kier alpha value is -1.06. The number of halogens is 2. The molecule has 0 fully saturated rings. The zero-order chi connectivity index (χ0) is 14.4. The van der Waals surface area contributed by atoms with Crippen molar-refractivity contribution in [3.8, 4) is 11.1 Å². The SMILES string of the molecule is CCN(C)Cc1cccc(-c2cccc(CCN)c2)c1.Cl.Cl. The van der Waals surface area contributed by atoms with Crippen LogP contribution in [0, 0.1) is 0 Å². The van der Waals surface area contributed by atoms with Crippen LogP contribution in [0.4, 0.5) is 0 Å². The van der Waals surface area contributed by atoms with Crippen LogP contribution in [0.1, 0.15) is 18.1 Å². The molecule has 0 amide bonds. The molecule has 22 heavy (non-hydrogen) atoms. The van der Waals surface area contributed by atoms with Crippen molar-refractivity contribution in [1.82, 2.24) is 4.90 Å². The molecule has 0 saturated heterocycles. The topological polar surface area (TPSA) is 29.3 Å². The molecule has 0 unspecified atom stereocenters. The van der Waals surface area contributed by atoms with Crippen LogP contribution >= 0.6 is 24.8 Å². The third kappa shape index (κ3) is 5.98. The largest absolute Gasteiger partial charge is 0.330 e. The van der Waals surface area contributed by atoms with Gasteiger partial charge in [-0.2, -0.15) is 0 Å². The summed E-state index contributed by atoms with van der Waals surface area (Å²) < 4.78 is 0. The van der Waals surface area contributed by atoms with E-state index in [4.69, 9.17) is 5.73 Å². The fourth-order valence-electron chi connectivity index (χ4n) is 2.35. The van der Waals surface area contributed by atoms with E-state index < -0.39 is 0 Å². The van der Waals surface area contributed by atoms with E-state index in [2.05, 4.69) is 67.4 Å². The second kappa shape index (κ2) is 10.6. The van der Waals surface area contributed by atoms with E-state index in [1.54, 1.807) is 0 Å². The minimum Gasteiger partial charge on any atom is -0.330 e. The molecule has 2 N–H and O–H groups in total. The summed E-state index contributed by atoms with van der Waals surface area (Å²) in [5.41, 5.74) is 10.9. The summed E-state index contributed by atoms with van der Waals surface area (Å²) in [6.45, 7) is 4.94. The van der Waals surface area contributed by atoms with Crippen LogP contribution in [0.3, 0.4) is 0 Å². The Morgan fingerprint density at radius 2 is 1.45 bits per heavy atom. The van der Waals surface area contributed by atoms with Crippen molar-refractivity contribution in [3.63, 3.8) is 0 Å². The normalized spacial score (nSPS) is 10.0. The molecule has 2 aromatic rings. The smallest absolute Gasteiger partial charge is 0.0230 e. The van der Waals surface area contributed by atoms with E-state index >= 15 is 0 Å². The van der Waals surface area contributed by atoms with Gasteiger partial charge in [0, 0.05) is 6.54 Å². The maximum atomic E-state index is 5.64. The molecule has 0 saturated carbocycles. The van der Waals surface area contributed by atoms with Crippen molar-refractivity contribution in [3.05, 3.63) is 59.7 Å². The predicted molar refractivity (Wildman–Crippen MR) is 101 cm³/mol. The van der Waals surface area contributed by atoms with Gasteiger partial charge in [-0.25, -0.2) is 0 Å². The highest BCUT2D eigenvalue weighted by atomic mass is 35.5. The Bertz CT molecular complexity index is 558. The summed E-state index contributed by atoms with van der Waals surface area (Å²) in [4.78, 5) is 2.31. The van der Waals surface area contributed by atoms with Crippen molar-refractivity contribution in [2.45, 2.75) is 19.9 Å². The van der Waals surface area contributed by atoms with Crippen molar-refractivity contribution in [2.75, 3.05) is 20.1 Å². The highest BCUT2D eigenvalue weighted by Gasteiger charge is 2.02. The van der Waals surface area contributed by atoms with Gasteiger partial charge in [0.25, 0.3) is 0 Å². The average Bonchev–Trinajstić information content (AvgIpc) is 2.48. The van der Waals surface area contributed by atoms with Gasteiger partial charge >= 0.3 is 0 Å². The average molecular weight is 341 g/mol. The highest BCUT2D eigenvalue weighted by Crippen LogP contribution is 2.22. The van der Waals surface area contributed by atoms with Gasteiger partial charge < -0.3 is 10.6 Å². The number of rotatable bonds is 6. The third-order valence-corrected chi connectivity index (χ3v) is 3.61. The van der Waals surface area contributed by atoms with Gasteiger partial charge in [-0.1, -0.05) is 49.4 Å². The first-order valence-corrected chi connectivity index (χ1v) is 7.29. The zero-order valence-electron chi connectivity index (χ0n) is 13.3. The van der Waals surface area contributed by atoms with Gasteiger partial charge in [0.1, 0.15) is 0 Å². The van der Waals surface area contributed by atoms with Crippen LogP contribution < -0.4 is 5.73 Å². The molecule has 0 aliphatic heterocycles. The molecule has 122 valence electrons. The van der Waals surface area contributed by atoms with Gasteiger partial charge in [-0.05, 0) is 54.9 Å². The summed E-state index contributed by atoms with van der Waals surface area (Å²) in [5.74, 6) is 0. The molecule has 0 radical (unpaired) electrons. The Morgan fingerprint density at radius 1 is 0.909 bits per heavy atom. The summed E-state index contributed by atoms with van der Waals surface area (Å²) in [7, 11) is 2.15. The molecule has 0 heterocycles. The number of nitrogens with zero attached hydrogens (tertiary/aromatic N) is 1. The number of nitrogens with two attached hydrogens (primary N) is 1. The molecule has 2 aromatic carbocycles. The van der Waals surface area contributed by atoms with E-state index in [1.165, 1.54) is 22.3 Å². The molecule has 0 spiro atoms. The molecular weight excluding hydrogens is 315 g/mol. The summed E-state index contributed by atoms with van der Waals surface area (Å²) in [6.07, 6.45) is 0.937. The van der Waals surface area contributed by atoms with Crippen molar-refractivity contribution in [1.29, 1.82) is 0 Å². The zero-order valence-corrected chi connectivity index (χ0v) is 14.9. The van der Waals surface area contributed by atoms with Crippen molar-refractivity contribution < 1.29 is 0 Å². The van der Waals surface area contributed by atoms with E-state index in [-0.39, 0.29) is 24.8 Å².